The van der Waals surface area contributed by atoms with Crippen molar-refractivity contribution in [1.29, 1.82) is 0 Å². The van der Waals surface area contributed by atoms with Crippen LogP contribution >= 0.6 is 0 Å². The molecule has 0 atom stereocenters. The lowest BCUT2D eigenvalue weighted by molar-refractivity contribution is 0.0642. The van der Waals surface area contributed by atoms with Gasteiger partial charge in [-0.05, 0) is 52.4 Å². The Morgan fingerprint density at radius 2 is 1.62 bits per heavy atom. The van der Waals surface area contributed by atoms with E-state index in [0.717, 1.165) is 57.1 Å². The molecule has 0 saturated carbocycles. The average molecular weight is 332 g/mol. The molecule has 2 fully saturated rings. The molecule has 1 amide bonds. The first-order valence-electron chi connectivity index (χ1n) is 9.51. The van der Waals surface area contributed by atoms with Gasteiger partial charge in [-0.3, -0.25) is 4.79 Å². The maximum absolute atomic E-state index is 12.9. The van der Waals surface area contributed by atoms with Gasteiger partial charge in [-0.2, -0.15) is 0 Å². The summed E-state index contributed by atoms with van der Waals surface area (Å²) in [6, 6.07) is 2.09. The second-order valence-electron chi connectivity index (χ2n) is 7.21. The third-order valence-electron chi connectivity index (χ3n) is 5.75. The highest BCUT2D eigenvalue weighted by Gasteiger charge is 2.24. The zero-order chi connectivity index (χ0) is 17.1. The summed E-state index contributed by atoms with van der Waals surface area (Å²) < 4.78 is 2.33. The van der Waals surface area contributed by atoms with Crippen LogP contribution in [0.2, 0.25) is 0 Å². The van der Waals surface area contributed by atoms with E-state index in [9.17, 15) is 4.79 Å². The molecule has 0 bridgehead atoms. The first-order valence-corrected chi connectivity index (χ1v) is 9.51. The van der Waals surface area contributed by atoms with E-state index in [1.54, 1.807) is 0 Å². The lowest BCUT2D eigenvalue weighted by Crippen LogP contribution is -2.48. The van der Waals surface area contributed by atoms with Gasteiger partial charge in [-0.15, -0.1) is 0 Å². The van der Waals surface area contributed by atoms with Gasteiger partial charge in [0.1, 0.15) is 0 Å². The number of carbonyl (C=O) groups excluding carboxylic acids is 1. The molecule has 1 aromatic heterocycles. The van der Waals surface area contributed by atoms with Crippen LogP contribution in [0.5, 0.6) is 0 Å². The van der Waals surface area contributed by atoms with E-state index in [0.29, 0.717) is 0 Å². The Hall–Kier alpha value is -1.33. The Kier molecular flexibility index (Phi) is 5.61. The average Bonchev–Trinajstić information content (AvgIpc) is 3.21. The number of likely N-dealkylation sites (N-methyl/N-ethyl adjacent to an activating group) is 1. The second-order valence-corrected chi connectivity index (χ2v) is 7.21. The summed E-state index contributed by atoms with van der Waals surface area (Å²) in [7, 11) is 0. The minimum absolute atomic E-state index is 0.214. The number of aromatic nitrogens is 1. The zero-order valence-corrected chi connectivity index (χ0v) is 15.6. The number of aryl methyl sites for hydroxylation is 1. The molecular weight excluding hydrogens is 300 g/mol. The Morgan fingerprint density at radius 1 is 0.958 bits per heavy atom. The van der Waals surface area contributed by atoms with Crippen LogP contribution in [0.25, 0.3) is 0 Å². The molecule has 5 heteroatoms. The molecule has 0 aromatic carbocycles. The topological polar surface area (TPSA) is 31.7 Å². The SMILES string of the molecule is CCN1CCN(C(=O)c2cc(C)n(CCN3CCCC3)c2C)CC1. The summed E-state index contributed by atoms with van der Waals surface area (Å²) in [4.78, 5) is 19.9. The van der Waals surface area contributed by atoms with Crippen LogP contribution in [0.15, 0.2) is 6.07 Å². The van der Waals surface area contributed by atoms with E-state index in [4.69, 9.17) is 0 Å². The van der Waals surface area contributed by atoms with Crippen LogP contribution in [0.3, 0.4) is 0 Å². The molecule has 24 heavy (non-hydrogen) atoms. The van der Waals surface area contributed by atoms with Gasteiger partial charge in [0.15, 0.2) is 0 Å². The van der Waals surface area contributed by atoms with Gasteiger partial charge in [0.25, 0.3) is 5.91 Å². The molecular formula is C19H32N4O. The molecule has 0 aliphatic carbocycles. The van der Waals surface area contributed by atoms with Gasteiger partial charge < -0.3 is 19.3 Å². The third kappa shape index (κ3) is 3.67. The fourth-order valence-electron chi connectivity index (χ4n) is 4.05. The molecule has 3 heterocycles. The number of nitrogens with zero attached hydrogens (tertiary/aromatic N) is 4. The van der Waals surface area contributed by atoms with E-state index < -0.39 is 0 Å². The molecule has 2 saturated heterocycles. The Balaban J connectivity index is 1.65. The van der Waals surface area contributed by atoms with Crippen molar-refractivity contribution in [3.8, 4) is 0 Å². The summed E-state index contributed by atoms with van der Waals surface area (Å²) in [6.45, 7) is 15.7. The van der Waals surface area contributed by atoms with Crippen molar-refractivity contribution < 1.29 is 4.79 Å². The molecule has 0 radical (unpaired) electrons. The summed E-state index contributed by atoms with van der Waals surface area (Å²) in [6.07, 6.45) is 2.66. The van der Waals surface area contributed by atoms with Gasteiger partial charge >= 0.3 is 0 Å². The molecule has 0 N–H and O–H groups in total. The van der Waals surface area contributed by atoms with Gasteiger partial charge in [0.05, 0.1) is 5.56 Å². The van der Waals surface area contributed by atoms with Gasteiger partial charge in [0.2, 0.25) is 0 Å². The fraction of sp³-hybridized carbons (Fsp3) is 0.737. The van der Waals surface area contributed by atoms with Crippen molar-refractivity contribution in [2.45, 2.75) is 40.2 Å². The highest BCUT2D eigenvalue weighted by molar-refractivity contribution is 5.95. The van der Waals surface area contributed by atoms with E-state index in [1.807, 2.05) is 4.90 Å². The summed E-state index contributed by atoms with van der Waals surface area (Å²) in [5.74, 6) is 0.214. The van der Waals surface area contributed by atoms with Crippen molar-refractivity contribution in [3.05, 3.63) is 23.0 Å². The van der Waals surface area contributed by atoms with Crippen molar-refractivity contribution in [2.75, 3.05) is 52.4 Å². The first kappa shape index (κ1) is 17.5. The number of piperazine rings is 1. The van der Waals surface area contributed by atoms with Crippen LogP contribution in [-0.4, -0.2) is 77.5 Å². The van der Waals surface area contributed by atoms with Crippen LogP contribution < -0.4 is 0 Å². The maximum atomic E-state index is 12.9. The third-order valence-corrected chi connectivity index (χ3v) is 5.75. The number of hydrogen-bond acceptors (Lipinski definition) is 3. The van der Waals surface area contributed by atoms with Crippen LogP contribution in [0, 0.1) is 13.8 Å². The summed E-state index contributed by atoms with van der Waals surface area (Å²) in [5, 5.41) is 0. The van der Waals surface area contributed by atoms with E-state index in [1.165, 1.54) is 31.6 Å². The van der Waals surface area contributed by atoms with Gasteiger partial charge in [-0.25, -0.2) is 0 Å². The largest absolute Gasteiger partial charge is 0.347 e. The van der Waals surface area contributed by atoms with Gasteiger partial charge in [-0.1, -0.05) is 6.92 Å². The predicted molar refractivity (Wildman–Crippen MR) is 97.6 cm³/mol. The molecule has 2 aliphatic heterocycles. The molecule has 0 spiro atoms. The van der Waals surface area contributed by atoms with E-state index in [-0.39, 0.29) is 5.91 Å². The molecule has 0 unspecified atom stereocenters. The van der Waals surface area contributed by atoms with Crippen molar-refractivity contribution in [2.24, 2.45) is 0 Å². The number of hydrogen-bond donors (Lipinski definition) is 0. The first-order chi connectivity index (χ1) is 11.6. The quantitative estimate of drug-likeness (QED) is 0.826. The monoisotopic (exact) mass is 332 g/mol. The fourth-order valence-corrected chi connectivity index (χ4v) is 4.05. The molecule has 134 valence electrons. The van der Waals surface area contributed by atoms with Crippen molar-refractivity contribution >= 4 is 5.91 Å². The minimum atomic E-state index is 0.214. The Bertz CT molecular complexity index is 566. The molecule has 3 rings (SSSR count). The number of carbonyl (C=O) groups is 1. The van der Waals surface area contributed by atoms with Crippen molar-refractivity contribution in [1.82, 2.24) is 19.3 Å². The minimum Gasteiger partial charge on any atom is -0.347 e. The molecule has 1 aromatic rings. The Labute approximate surface area is 146 Å². The van der Waals surface area contributed by atoms with Crippen molar-refractivity contribution in [3.63, 3.8) is 0 Å². The summed E-state index contributed by atoms with van der Waals surface area (Å²) in [5.41, 5.74) is 3.25. The maximum Gasteiger partial charge on any atom is 0.255 e. The molecule has 2 aliphatic rings. The van der Waals surface area contributed by atoms with Gasteiger partial charge in [0, 0.05) is 50.7 Å². The number of amides is 1. The Morgan fingerprint density at radius 3 is 2.25 bits per heavy atom. The highest BCUT2D eigenvalue weighted by atomic mass is 16.2. The molecule has 5 nitrogen and oxygen atoms in total. The number of rotatable bonds is 5. The normalized spacial score (nSPS) is 20.0. The van der Waals surface area contributed by atoms with Crippen LogP contribution in [-0.2, 0) is 6.54 Å². The lowest BCUT2D eigenvalue weighted by Gasteiger charge is -2.34. The number of likely N-dealkylation sites (tertiary alicyclic amines) is 1. The second kappa shape index (κ2) is 7.70. The highest BCUT2D eigenvalue weighted by Crippen LogP contribution is 2.19. The predicted octanol–water partition coefficient (Wildman–Crippen LogP) is 1.98. The van der Waals surface area contributed by atoms with E-state index in [2.05, 4.69) is 41.2 Å². The van der Waals surface area contributed by atoms with E-state index >= 15 is 0 Å². The zero-order valence-electron chi connectivity index (χ0n) is 15.6. The standard InChI is InChI=1S/C19H32N4O/c1-4-20-9-12-22(13-10-20)19(24)18-15-16(2)23(17(18)3)14-11-21-7-5-6-8-21/h15H,4-14H2,1-3H3. The lowest BCUT2D eigenvalue weighted by atomic mass is 10.2. The van der Waals surface area contributed by atoms with Crippen LogP contribution in [0.1, 0.15) is 41.5 Å². The van der Waals surface area contributed by atoms with Crippen LogP contribution in [0.4, 0.5) is 0 Å². The smallest absolute Gasteiger partial charge is 0.255 e. The summed E-state index contributed by atoms with van der Waals surface area (Å²) >= 11 is 0.